The van der Waals surface area contributed by atoms with Crippen molar-refractivity contribution in [3.05, 3.63) is 145 Å². The van der Waals surface area contributed by atoms with Gasteiger partial charge in [0.1, 0.15) is 58.2 Å². The Morgan fingerprint density at radius 1 is 0.716 bits per heavy atom. The number of pyridine rings is 1. The van der Waals surface area contributed by atoms with Gasteiger partial charge in [0.2, 0.25) is 29.5 Å². The van der Waals surface area contributed by atoms with E-state index in [0.717, 1.165) is 23.9 Å². The lowest BCUT2D eigenvalue weighted by molar-refractivity contribution is -0.132. The van der Waals surface area contributed by atoms with Crippen molar-refractivity contribution in [3.8, 4) is 22.0 Å². The molecule has 6 rings (SSSR count). The molecule has 30 nitrogen and oxygen atoms in total. The van der Waals surface area contributed by atoms with E-state index >= 15 is 0 Å². The number of oxazole rings is 3. The highest BCUT2D eigenvalue weighted by atomic mass is 32.1. The van der Waals surface area contributed by atoms with Crippen LogP contribution in [0.1, 0.15) is 93.1 Å². The second kappa shape index (κ2) is 24.3. The molecule has 81 heavy (non-hydrogen) atoms. The summed E-state index contributed by atoms with van der Waals surface area (Å²) in [5.74, 6) is -11.7. The summed E-state index contributed by atoms with van der Waals surface area (Å²) < 4.78 is 16.6. The van der Waals surface area contributed by atoms with Crippen LogP contribution in [-0.2, 0) is 28.8 Å². The van der Waals surface area contributed by atoms with Gasteiger partial charge in [-0.2, -0.15) is 0 Å². The molecule has 6 heterocycles. The maximum absolute atomic E-state index is 13.8. The molecule has 5 aromatic rings. The van der Waals surface area contributed by atoms with Gasteiger partial charge in [0.15, 0.2) is 11.4 Å². The number of nitrogens with one attached hydrogen (secondary N) is 9. The Bertz CT molecular complexity index is 3610. The van der Waals surface area contributed by atoms with E-state index in [1.54, 1.807) is 0 Å². The highest BCUT2D eigenvalue weighted by molar-refractivity contribution is 7.13. The van der Waals surface area contributed by atoms with Crippen molar-refractivity contribution in [2.45, 2.75) is 58.4 Å². The molecule has 3 unspecified atom stereocenters. The molecule has 0 radical (unpaired) electrons. The lowest BCUT2D eigenvalue weighted by Gasteiger charge is -2.29. The highest BCUT2D eigenvalue weighted by Gasteiger charge is 2.37. The quantitative estimate of drug-likeness (QED) is 0.0938. The Labute approximate surface area is 460 Å². The SMILES string of the molecule is C=C(NC(=O)C(=C)NC(=O)c1ccc2c(n1)-c1coc(n1)C(=C)NC(=O)C(=C)NC(=O)c1nc(oc1C)C(=C)NC(=O)C(C(C)(C)O)NC(=O)C(=C)NC(=O)c1coc(n1)/C(=C\C)NC(=O)C(C(C)O)NC(=O)c1csc-2n1)C(N)=O. The number of amides is 10. The van der Waals surface area contributed by atoms with Gasteiger partial charge in [-0.15, -0.1) is 11.3 Å². The molecule has 1 aliphatic rings. The average Bonchev–Trinajstić information content (AvgIpc) is 4.26. The first-order chi connectivity index (χ1) is 38.0. The number of rotatable bonds is 7. The van der Waals surface area contributed by atoms with E-state index in [1.165, 1.54) is 58.2 Å². The zero-order chi connectivity index (χ0) is 59.9. The number of hydrogen-bond acceptors (Lipinski definition) is 21. The first-order valence-electron chi connectivity index (χ1n) is 23.1. The molecule has 3 atom stereocenters. The number of aryl methyl sites for hydroxylation is 1. The molecule has 0 fully saturated rings. The second-order valence-corrected chi connectivity index (χ2v) is 18.4. The molecule has 13 N–H and O–H groups in total. The fourth-order valence-electron chi connectivity index (χ4n) is 6.66. The Kier molecular flexibility index (Phi) is 17.8. The Morgan fingerprint density at radius 3 is 1.99 bits per heavy atom. The zero-order valence-electron chi connectivity index (χ0n) is 43.4. The van der Waals surface area contributed by atoms with Gasteiger partial charge in [-0.05, 0) is 46.8 Å². The molecule has 10 amide bonds. The van der Waals surface area contributed by atoms with Crippen LogP contribution in [0.5, 0.6) is 0 Å². The van der Waals surface area contributed by atoms with E-state index in [1.807, 2.05) is 0 Å². The van der Waals surface area contributed by atoms with E-state index in [2.05, 4.69) is 112 Å². The van der Waals surface area contributed by atoms with Crippen LogP contribution in [0, 0.1) is 6.92 Å². The smallest absolute Gasteiger partial charge is 0.278 e. The predicted octanol–water partition coefficient (Wildman–Crippen LogP) is -0.210. The fraction of sp³-hybridized carbons (Fsp3) is 0.180. The number of aliphatic hydroxyl groups excluding tert-OH is 1. The van der Waals surface area contributed by atoms with E-state index < -0.39 is 123 Å². The maximum atomic E-state index is 13.8. The first kappa shape index (κ1) is 59.5. The molecular weight excluding hydrogens is 1080 g/mol. The number of nitrogens with zero attached hydrogens (tertiary/aromatic N) is 5. The number of carbonyl (C=O) groups is 10. The standard InChI is InChI=1S/C50H49N15O15S/c1-12-27-48-61-30(16-79-48)41(72)54-21(5)39(70)65-35(50(10,11)77)45(76)57-23(7)47-64-33(25(9)80-47)44(75)55-20(4)38(69)56-22(6)46-60-29(15-78-46)34-26(49-62-31(17-81-49)42(73)63-32(24(8)66)43(74)59-27)13-14-28(58-34)40(71)53-19(3)37(68)52-18(2)36(51)67/h12-17,24,32,35,66,77H,2-7H2,1,8-11H3,(H2,51,67)(H,52,68)(H,53,71)(H,54,72)(H,55,75)(H,56,69)(H,57,76)(H,59,74)(H,63,73)(H,65,70)/b27-12+. The summed E-state index contributed by atoms with van der Waals surface area (Å²) in [6, 6.07) is -0.900. The molecule has 31 heteroatoms. The van der Waals surface area contributed by atoms with Gasteiger partial charge >= 0.3 is 0 Å². The number of primary amides is 1. The van der Waals surface area contributed by atoms with Crippen LogP contribution in [0.15, 0.2) is 112 Å². The lowest BCUT2D eigenvalue weighted by Crippen LogP contribution is -2.58. The monoisotopic (exact) mass is 1130 g/mol. The number of allylic oxidation sites excluding steroid dienone is 1. The number of carbonyl (C=O) groups excluding carboxylic acids is 10. The third-order valence-corrected chi connectivity index (χ3v) is 11.8. The summed E-state index contributed by atoms with van der Waals surface area (Å²) in [4.78, 5) is 153. The van der Waals surface area contributed by atoms with Crippen molar-refractivity contribution in [1.82, 2.24) is 72.8 Å². The number of aliphatic hydroxyl groups is 2. The maximum Gasteiger partial charge on any atom is 0.278 e. The van der Waals surface area contributed by atoms with Gasteiger partial charge in [-0.1, -0.05) is 45.5 Å². The van der Waals surface area contributed by atoms with Gasteiger partial charge < -0.3 is 77.0 Å². The Morgan fingerprint density at radius 2 is 1.33 bits per heavy atom. The minimum absolute atomic E-state index is 0.0591. The number of fused-ring (bicyclic) bond motifs is 11. The second-order valence-electron chi connectivity index (χ2n) is 17.6. The van der Waals surface area contributed by atoms with Crippen LogP contribution in [-0.4, -0.2) is 118 Å². The number of thiazole rings is 1. The van der Waals surface area contributed by atoms with Gasteiger partial charge in [-0.25, -0.2) is 24.9 Å². The van der Waals surface area contributed by atoms with Crippen LogP contribution in [0.2, 0.25) is 0 Å². The van der Waals surface area contributed by atoms with Crippen molar-refractivity contribution in [1.29, 1.82) is 0 Å². The molecule has 0 aromatic carbocycles. The molecule has 0 aliphatic carbocycles. The number of aromatic nitrogens is 5. The largest absolute Gasteiger partial charge is 0.443 e. The van der Waals surface area contributed by atoms with E-state index in [-0.39, 0.29) is 68.0 Å². The van der Waals surface area contributed by atoms with E-state index in [0.29, 0.717) is 0 Å². The molecule has 5 aromatic heterocycles. The summed E-state index contributed by atoms with van der Waals surface area (Å²) in [7, 11) is 0. The summed E-state index contributed by atoms with van der Waals surface area (Å²) >= 11 is 0.882. The van der Waals surface area contributed by atoms with Crippen LogP contribution in [0.4, 0.5) is 0 Å². The van der Waals surface area contributed by atoms with Crippen LogP contribution in [0.3, 0.4) is 0 Å². The predicted molar refractivity (Wildman–Crippen MR) is 282 cm³/mol. The van der Waals surface area contributed by atoms with Crippen LogP contribution in [0.25, 0.3) is 39.1 Å². The minimum Gasteiger partial charge on any atom is -0.443 e. The van der Waals surface area contributed by atoms with Gasteiger partial charge in [0.25, 0.3) is 47.3 Å². The molecule has 420 valence electrons. The normalized spacial score (nSPS) is 17.3. The van der Waals surface area contributed by atoms with Gasteiger partial charge in [-0.3, -0.25) is 47.9 Å². The third-order valence-electron chi connectivity index (χ3n) is 10.9. The van der Waals surface area contributed by atoms with Gasteiger partial charge in [0, 0.05) is 10.9 Å². The fourth-order valence-corrected chi connectivity index (χ4v) is 7.48. The average molecular weight is 1130 g/mol. The Balaban J connectivity index is 1.36. The third kappa shape index (κ3) is 14.0. The summed E-state index contributed by atoms with van der Waals surface area (Å²) in [6.07, 6.45) is 1.68. The van der Waals surface area contributed by atoms with Crippen molar-refractivity contribution in [3.63, 3.8) is 0 Å². The van der Waals surface area contributed by atoms with Gasteiger partial charge in [0.05, 0.1) is 51.6 Å². The topological polar surface area (TPSA) is 449 Å². The van der Waals surface area contributed by atoms with Crippen molar-refractivity contribution in [2.75, 3.05) is 0 Å². The molecule has 0 spiro atoms. The highest BCUT2D eigenvalue weighted by Crippen LogP contribution is 2.33. The molecule has 1 aliphatic heterocycles. The number of hydrogen-bond donors (Lipinski definition) is 12. The zero-order valence-corrected chi connectivity index (χ0v) is 44.2. The number of nitrogens with two attached hydrogens (primary N) is 1. The van der Waals surface area contributed by atoms with Crippen molar-refractivity contribution >= 4 is 87.5 Å². The Hall–Kier alpha value is -10.8. The first-order valence-corrected chi connectivity index (χ1v) is 24.0. The molecule has 8 bridgehead atoms. The van der Waals surface area contributed by atoms with Crippen LogP contribution < -0.4 is 53.6 Å². The minimum atomic E-state index is -1.99. The van der Waals surface area contributed by atoms with Crippen molar-refractivity contribution in [2.24, 2.45) is 5.73 Å². The van der Waals surface area contributed by atoms with E-state index in [9.17, 15) is 58.2 Å². The summed E-state index contributed by atoms with van der Waals surface area (Å²) in [6.45, 7) is 27.7. The lowest BCUT2D eigenvalue weighted by atomic mass is 9.97. The summed E-state index contributed by atoms with van der Waals surface area (Å²) in [5.41, 5.74) is -1.59. The summed E-state index contributed by atoms with van der Waals surface area (Å²) in [5, 5.41) is 43.5. The molecule has 0 saturated heterocycles. The van der Waals surface area contributed by atoms with E-state index in [4.69, 9.17) is 19.0 Å². The molecular formula is C50H49N15O15S. The van der Waals surface area contributed by atoms with Crippen LogP contribution >= 0.6 is 11.3 Å². The van der Waals surface area contributed by atoms with Crippen molar-refractivity contribution < 1.29 is 71.4 Å². The molecule has 0 saturated carbocycles.